The van der Waals surface area contributed by atoms with E-state index in [0.717, 1.165) is 28.5 Å². The summed E-state index contributed by atoms with van der Waals surface area (Å²) in [7, 11) is 1.69. The Hall–Kier alpha value is -2.35. The van der Waals surface area contributed by atoms with Gasteiger partial charge in [0.15, 0.2) is 0 Å². The summed E-state index contributed by atoms with van der Waals surface area (Å²) in [4.78, 5) is 4.34. The fraction of sp³-hybridized carbons (Fsp3) is 0.111. The summed E-state index contributed by atoms with van der Waals surface area (Å²) < 4.78 is 8.61. The van der Waals surface area contributed by atoms with Crippen molar-refractivity contribution in [1.82, 2.24) is 14.8 Å². The number of hydrogen-bond acceptors (Lipinski definition) is 4. The van der Waals surface area contributed by atoms with Crippen LogP contribution in [0.5, 0.6) is 5.75 Å². The maximum atomic E-state index is 5.53. The Labute approximate surface area is 153 Å². The third kappa shape index (κ3) is 2.66. The van der Waals surface area contributed by atoms with E-state index >= 15 is 0 Å². The Bertz CT molecular complexity index is 901. The number of methoxy groups -OCH3 is 1. The van der Waals surface area contributed by atoms with E-state index in [1.807, 2.05) is 22.9 Å². The standard InChI is InChI=1S/C18H15IN4O/c1-24-17-5-3-2-4-14(17)16-10-15(12-6-8-13(19)9-7-12)22-18-20-11-21-23(16)18/h2-11,16H,1H3,(H,20,21,22). The second-order valence-electron chi connectivity index (χ2n) is 5.43. The van der Waals surface area contributed by atoms with E-state index in [2.05, 4.69) is 74.4 Å². The fourth-order valence-corrected chi connectivity index (χ4v) is 3.22. The maximum absolute atomic E-state index is 5.53. The molecule has 0 fully saturated rings. The molecule has 1 aliphatic rings. The number of aromatic nitrogens is 3. The van der Waals surface area contributed by atoms with Crippen molar-refractivity contribution in [2.24, 2.45) is 0 Å². The van der Waals surface area contributed by atoms with Gasteiger partial charge in [-0.1, -0.05) is 30.3 Å². The first-order valence-corrected chi connectivity index (χ1v) is 8.61. The molecule has 0 bridgehead atoms. The van der Waals surface area contributed by atoms with Gasteiger partial charge < -0.3 is 10.1 Å². The van der Waals surface area contributed by atoms with Crippen LogP contribution in [0.4, 0.5) is 5.95 Å². The Morgan fingerprint density at radius 2 is 1.92 bits per heavy atom. The number of para-hydroxylation sites is 1. The monoisotopic (exact) mass is 430 g/mol. The van der Waals surface area contributed by atoms with Gasteiger partial charge in [0.1, 0.15) is 18.1 Å². The number of nitrogens with zero attached hydrogens (tertiary/aromatic N) is 3. The molecule has 0 amide bonds. The van der Waals surface area contributed by atoms with Gasteiger partial charge in [0.25, 0.3) is 0 Å². The first-order chi connectivity index (χ1) is 11.8. The normalized spacial score (nSPS) is 16.1. The second-order valence-corrected chi connectivity index (χ2v) is 6.67. The molecule has 1 atom stereocenters. The Morgan fingerprint density at radius 3 is 2.71 bits per heavy atom. The molecule has 1 aliphatic heterocycles. The van der Waals surface area contributed by atoms with Crippen molar-refractivity contribution in [2.75, 3.05) is 12.4 Å². The molecule has 1 N–H and O–H groups in total. The SMILES string of the molecule is COc1ccccc1C1C=C(c2ccc(I)cc2)Nc2ncnn21. The number of rotatable bonds is 3. The summed E-state index contributed by atoms with van der Waals surface area (Å²) in [5, 5.41) is 7.73. The first-order valence-electron chi connectivity index (χ1n) is 7.53. The summed E-state index contributed by atoms with van der Waals surface area (Å²) in [6, 6.07) is 16.3. The number of allylic oxidation sites excluding steroid dienone is 1. The minimum Gasteiger partial charge on any atom is -0.496 e. The van der Waals surface area contributed by atoms with Gasteiger partial charge >= 0.3 is 0 Å². The van der Waals surface area contributed by atoms with E-state index in [1.165, 1.54) is 3.57 Å². The van der Waals surface area contributed by atoms with Crippen LogP contribution in [-0.4, -0.2) is 21.9 Å². The van der Waals surface area contributed by atoms with Gasteiger partial charge in [0, 0.05) is 14.8 Å². The van der Waals surface area contributed by atoms with Crippen molar-refractivity contribution in [2.45, 2.75) is 6.04 Å². The zero-order chi connectivity index (χ0) is 16.5. The minimum atomic E-state index is -0.0748. The lowest BCUT2D eigenvalue weighted by Crippen LogP contribution is -2.20. The lowest BCUT2D eigenvalue weighted by Gasteiger charge is -2.25. The molecule has 5 nitrogen and oxygen atoms in total. The third-order valence-electron chi connectivity index (χ3n) is 4.02. The minimum absolute atomic E-state index is 0.0748. The second kappa shape index (κ2) is 6.27. The highest BCUT2D eigenvalue weighted by Crippen LogP contribution is 2.35. The molecule has 1 aromatic heterocycles. The topological polar surface area (TPSA) is 52.0 Å². The predicted octanol–water partition coefficient (Wildman–Crippen LogP) is 3.95. The van der Waals surface area contributed by atoms with Gasteiger partial charge in [-0.2, -0.15) is 10.1 Å². The van der Waals surface area contributed by atoms with Crippen LogP contribution in [0.3, 0.4) is 0 Å². The molecule has 0 saturated carbocycles. The Balaban J connectivity index is 1.83. The fourth-order valence-electron chi connectivity index (χ4n) is 2.86. The van der Waals surface area contributed by atoms with Crippen molar-refractivity contribution in [3.8, 4) is 5.75 Å². The van der Waals surface area contributed by atoms with Crippen LogP contribution in [0.1, 0.15) is 17.2 Å². The van der Waals surface area contributed by atoms with Crippen LogP contribution in [0, 0.1) is 3.57 Å². The van der Waals surface area contributed by atoms with Crippen molar-refractivity contribution in [3.05, 3.63) is 75.6 Å². The zero-order valence-electron chi connectivity index (χ0n) is 13.0. The largest absolute Gasteiger partial charge is 0.496 e. The molecule has 2 heterocycles. The smallest absolute Gasteiger partial charge is 0.226 e. The number of ether oxygens (including phenoxy) is 1. The van der Waals surface area contributed by atoms with Crippen molar-refractivity contribution in [3.63, 3.8) is 0 Å². The Morgan fingerprint density at radius 1 is 1.12 bits per heavy atom. The van der Waals surface area contributed by atoms with Gasteiger partial charge in [-0.3, -0.25) is 0 Å². The van der Waals surface area contributed by atoms with Crippen molar-refractivity contribution in [1.29, 1.82) is 0 Å². The molecule has 4 rings (SSSR count). The van der Waals surface area contributed by atoms with Crippen LogP contribution < -0.4 is 10.1 Å². The van der Waals surface area contributed by atoms with Crippen molar-refractivity contribution < 1.29 is 4.74 Å². The number of nitrogens with one attached hydrogen (secondary N) is 1. The molecular weight excluding hydrogens is 415 g/mol. The molecule has 24 heavy (non-hydrogen) atoms. The van der Waals surface area contributed by atoms with Crippen LogP contribution in [0.25, 0.3) is 5.70 Å². The number of fused-ring (bicyclic) bond motifs is 1. The van der Waals surface area contributed by atoms with Gasteiger partial charge in [-0.25, -0.2) is 4.68 Å². The highest BCUT2D eigenvalue weighted by atomic mass is 127. The average Bonchev–Trinajstić information content (AvgIpc) is 3.10. The predicted molar refractivity (Wildman–Crippen MR) is 102 cm³/mol. The molecule has 0 spiro atoms. The maximum Gasteiger partial charge on any atom is 0.226 e. The van der Waals surface area contributed by atoms with Crippen LogP contribution in [-0.2, 0) is 0 Å². The van der Waals surface area contributed by atoms with E-state index in [9.17, 15) is 0 Å². The molecule has 0 radical (unpaired) electrons. The highest BCUT2D eigenvalue weighted by molar-refractivity contribution is 14.1. The lowest BCUT2D eigenvalue weighted by atomic mass is 10.0. The zero-order valence-corrected chi connectivity index (χ0v) is 15.1. The Kier molecular flexibility index (Phi) is 3.97. The van der Waals surface area contributed by atoms with Crippen LogP contribution in [0.15, 0.2) is 60.9 Å². The van der Waals surface area contributed by atoms with Gasteiger partial charge in [0.2, 0.25) is 5.95 Å². The molecule has 0 aliphatic carbocycles. The summed E-state index contributed by atoms with van der Waals surface area (Å²) in [5.41, 5.74) is 3.18. The molecule has 6 heteroatoms. The number of halogens is 1. The number of hydrogen-bond donors (Lipinski definition) is 1. The summed E-state index contributed by atoms with van der Waals surface area (Å²) in [6.07, 6.45) is 3.72. The molecule has 3 aromatic rings. The van der Waals surface area contributed by atoms with Crippen molar-refractivity contribution >= 4 is 34.2 Å². The third-order valence-corrected chi connectivity index (χ3v) is 4.74. The van der Waals surface area contributed by atoms with E-state index in [4.69, 9.17) is 4.74 Å². The van der Waals surface area contributed by atoms with Gasteiger partial charge in [-0.05, 0) is 52.4 Å². The number of anilines is 1. The van der Waals surface area contributed by atoms with E-state index in [-0.39, 0.29) is 6.04 Å². The average molecular weight is 430 g/mol. The number of benzene rings is 2. The summed E-state index contributed by atoms with van der Waals surface area (Å²) >= 11 is 2.31. The molecule has 120 valence electrons. The van der Waals surface area contributed by atoms with Crippen LogP contribution in [0.2, 0.25) is 0 Å². The lowest BCUT2D eigenvalue weighted by molar-refractivity contribution is 0.404. The molecule has 2 aromatic carbocycles. The molecule has 1 unspecified atom stereocenters. The molecular formula is C18H15IN4O. The highest BCUT2D eigenvalue weighted by Gasteiger charge is 2.25. The first kappa shape index (κ1) is 15.2. The van der Waals surface area contributed by atoms with E-state index in [0.29, 0.717) is 0 Å². The van der Waals surface area contributed by atoms with E-state index in [1.54, 1.807) is 13.4 Å². The van der Waals surface area contributed by atoms with E-state index < -0.39 is 0 Å². The quantitative estimate of drug-likeness (QED) is 0.640. The van der Waals surface area contributed by atoms with Gasteiger partial charge in [-0.15, -0.1) is 0 Å². The van der Waals surface area contributed by atoms with Gasteiger partial charge in [0.05, 0.1) is 7.11 Å². The summed E-state index contributed by atoms with van der Waals surface area (Å²) in [5.74, 6) is 1.56. The molecule has 0 saturated heterocycles. The summed E-state index contributed by atoms with van der Waals surface area (Å²) in [6.45, 7) is 0. The van der Waals surface area contributed by atoms with Crippen LogP contribution >= 0.6 is 22.6 Å².